The maximum absolute atomic E-state index is 10.5. The van der Waals surface area contributed by atoms with Crippen molar-refractivity contribution in [1.82, 2.24) is 9.97 Å². The van der Waals surface area contributed by atoms with E-state index >= 15 is 0 Å². The second-order valence-corrected chi connectivity index (χ2v) is 5.49. The quantitative estimate of drug-likeness (QED) is 0.393. The smallest absolute Gasteiger partial charge is 0.150 e. The van der Waals surface area contributed by atoms with Crippen LogP contribution in [-0.2, 0) is 0 Å². The Labute approximate surface area is 140 Å². The predicted octanol–water partition coefficient (Wildman–Crippen LogP) is 5.03. The van der Waals surface area contributed by atoms with Gasteiger partial charge in [0.1, 0.15) is 11.4 Å². The number of benzene rings is 2. The maximum atomic E-state index is 10.5. The summed E-state index contributed by atoms with van der Waals surface area (Å²) in [7, 11) is 0. The lowest BCUT2D eigenvalue weighted by molar-refractivity contribution is 0.475. The number of rotatable bonds is 1. The zero-order valence-electron chi connectivity index (χ0n) is 14.8. The summed E-state index contributed by atoms with van der Waals surface area (Å²) in [4.78, 5) is 5.66. The van der Waals surface area contributed by atoms with Gasteiger partial charge in [-0.15, -0.1) is 0 Å². The van der Waals surface area contributed by atoms with E-state index in [-0.39, 0.29) is 78.9 Å². The monoisotopic (exact) mass is 336 g/mol. The number of hydrogen-bond acceptors (Lipinski definition) is 2. The molecule has 0 saturated carbocycles. The van der Waals surface area contributed by atoms with Gasteiger partial charge in [-0.1, -0.05) is 23.2 Å². The predicted molar refractivity (Wildman–Crippen MR) is 88.9 cm³/mol. The van der Waals surface area contributed by atoms with Crippen LogP contribution in [0.3, 0.4) is 0 Å². The van der Waals surface area contributed by atoms with E-state index in [1.807, 2.05) is 0 Å². The number of H-pyrrole nitrogens is 2. The van der Waals surface area contributed by atoms with Crippen molar-refractivity contribution in [3.8, 4) is 22.9 Å². The molecule has 0 bridgehead atoms. The molecule has 2 heterocycles. The van der Waals surface area contributed by atoms with E-state index in [1.54, 1.807) is 0 Å². The first-order valence-electron chi connectivity index (χ1n) is 8.23. The summed E-state index contributed by atoms with van der Waals surface area (Å²) >= 11 is 11.8. The molecule has 4 nitrogen and oxygen atoms in total. The molecule has 0 atom stereocenters. The molecule has 0 amide bonds. The minimum Gasteiger partial charge on any atom is -0.505 e. The fraction of sp³-hybridized carbons (Fsp3) is 0. The maximum Gasteiger partial charge on any atom is 0.150 e. The third-order valence-corrected chi connectivity index (χ3v) is 3.84. The fourth-order valence-corrected chi connectivity index (χ4v) is 2.71. The fourth-order valence-electron chi connectivity index (χ4n) is 2.41. The third kappa shape index (κ3) is 1.85. The highest BCUT2D eigenvalue weighted by Gasteiger charge is 2.19. The molecular formula is C16H10Cl2N2O2. The molecule has 6 heteroatoms. The lowest BCUT2D eigenvalue weighted by Crippen LogP contribution is -1.78. The number of aromatic hydroxyl groups is 2. The number of fused-ring (bicyclic) bond motifs is 2. The molecular weight excluding hydrogens is 323 g/mol. The standard InChI is InChI=1S/C16H10Cl2N2O2/c17-7-1-3-9-11(5-7)19-13(15(9)21)14-16(22)10-4-2-8(18)6-12(10)20-14/h1-6,19-22H/i1D,2D,5D,6D. The first-order chi connectivity index (χ1) is 12.2. The Morgan fingerprint density at radius 1 is 0.818 bits per heavy atom. The van der Waals surface area contributed by atoms with Crippen LogP contribution in [0.5, 0.6) is 11.5 Å². The van der Waals surface area contributed by atoms with E-state index < -0.39 is 0 Å². The van der Waals surface area contributed by atoms with Crippen molar-refractivity contribution >= 4 is 45.0 Å². The molecule has 4 aromatic rings. The molecule has 2 aromatic heterocycles. The van der Waals surface area contributed by atoms with Crippen molar-refractivity contribution < 1.29 is 15.7 Å². The van der Waals surface area contributed by atoms with Crippen molar-refractivity contribution in [3.05, 3.63) is 46.3 Å². The number of aromatic amines is 2. The molecule has 4 N–H and O–H groups in total. The van der Waals surface area contributed by atoms with E-state index in [4.69, 9.17) is 28.7 Å². The number of aromatic nitrogens is 2. The van der Waals surface area contributed by atoms with Gasteiger partial charge in [-0.2, -0.15) is 0 Å². The molecule has 4 rings (SSSR count). The van der Waals surface area contributed by atoms with Gasteiger partial charge in [0.15, 0.2) is 11.5 Å². The minimum atomic E-state index is -0.274. The van der Waals surface area contributed by atoms with Crippen LogP contribution in [0, 0.1) is 0 Å². The third-order valence-electron chi connectivity index (χ3n) is 3.43. The van der Waals surface area contributed by atoms with Crippen LogP contribution >= 0.6 is 23.2 Å². The summed E-state index contributed by atoms with van der Waals surface area (Å²) in [6, 6.07) is 2.13. The molecule has 0 spiro atoms. The summed E-state index contributed by atoms with van der Waals surface area (Å²) < 4.78 is 31.6. The Kier molecular flexibility index (Phi) is 2.02. The Morgan fingerprint density at radius 2 is 1.23 bits per heavy atom. The summed E-state index contributed by atoms with van der Waals surface area (Å²) in [6.07, 6.45) is 0. The molecule has 0 fully saturated rings. The van der Waals surface area contributed by atoms with Gasteiger partial charge in [-0.25, -0.2) is 0 Å². The van der Waals surface area contributed by atoms with Gasteiger partial charge in [0.25, 0.3) is 0 Å². The molecule has 22 heavy (non-hydrogen) atoms. The van der Waals surface area contributed by atoms with E-state index in [9.17, 15) is 10.2 Å². The zero-order chi connectivity index (χ0) is 18.9. The van der Waals surface area contributed by atoms with Crippen molar-refractivity contribution in [1.29, 1.82) is 0 Å². The van der Waals surface area contributed by atoms with Crippen LogP contribution in [0.1, 0.15) is 5.48 Å². The van der Waals surface area contributed by atoms with Gasteiger partial charge >= 0.3 is 0 Å². The molecule has 0 saturated heterocycles. The molecule has 0 aliphatic heterocycles. The van der Waals surface area contributed by atoms with Crippen molar-refractivity contribution in [2.45, 2.75) is 0 Å². The van der Waals surface area contributed by atoms with Crippen molar-refractivity contribution in [2.24, 2.45) is 0 Å². The van der Waals surface area contributed by atoms with Gasteiger partial charge in [-0.05, 0) is 36.3 Å². The first kappa shape index (κ1) is 9.66. The van der Waals surface area contributed by atoms with Gasteiger partial charge in [-0.3, -0.25) is 0 Å². The largest absolute Gasteiger partial charge is 0.505 e. The highest BCUT2D eigenvalue weighted by molar-refractivity contribution is 6.31. The van der Waals surface area contributed by atoms with Crippen molar-refractivity contribution in [3.63, 3.8) is 0 Å². The Bertz CT molecular complexity index is 1140. The van der Waals surface area contributed by atoms with Crippen molar-refractivity contribution in [2.75, 3.05) is 0 Å². The second kappa shape index (κ2) is 4.60. The van der Waals surface area contributed by atoms with Crippen LogP contribution in [0.25, 0.3) is 33.2 Å². The van der Waals surface area contributed by atoms with E-state index in [0.717, 1.165) is 0 Å². The van der Waals surface area contributed by atoms with Crippen LogP contribution in [0.4, 0.5) is 0 Å². The van der Waals surface area contributed by atoms with Crippen LogP contribution < -0.4 is 0 Å². The molecule has 110 valence electrons. The average Bonchev–Trinajstić information content (AvgIpc) is 3.09. The van der Waals surface area contributed by atoms with Crippen LogP contribution in [-0.4, -0.2) is 20.2 Å². The van der Waals surface area contributed by atoms with Crippen LogP contribution in [0.15, 0.2) is 36.3 Å². The second-order valence-electron chi connectivity index (χ2n) is 4.73. The highest BCUT2D eigenvalue weighted by atomic mass is 35.5. The normalized spacial score (nSPS) is 14.1. The lowest BCUT2D eigenvalue weighted by atomic mass is 10.2. The molecule has 0 unspecified atom stereocenters. The van der Waals surface area contributed by atoms with Crippen LogP contribution in [0.2, 0.25) is 10.0 Å². The average molecular weight is 337 g/mol. The summed E-state index contributed by atoms with van der Waals surface area (Å²) in [5.41, 5.74) is 0.570. The van der Waals surface area contributed by atoms with Gasteiger partial charge in [0.2, 0.25) is 0 Å². The molecule has 2 aromatic carbocycles. The van der Waals surface area contributed by atoms with Gasteiger partial charge in [0.05, 0.1) is 16.5 Å². The Morgan fingerprint density at radius 3 is 1.64 bits per heavy atom. The number of halogens is 2. The molecule has 0 aliphatic carbocycles. The molecule has 0 aliphatic rings. The Hall–Kier alpha value is -2.30. The Balaban J connectivity index is 2.08. The summed E-state index contributed by atoms with van der Waals surface area (Å²) in [5, 5.41) is 21.4. The van der Waals surface area contributed by atoms with Gasteiger partial charge < -0.3 is 20.2 Å². The van der Waals surface area contributed by atoms with E-state index in [2.05, 4.69) is 9.97 Å². The number of hydrogen-bond donors (Lipinski definition) is 4. The zero-order valence-corrected chi connectivity index (χ0v) is 12.3. The lowest BCUT2D eigenvalue weighted by Gasteiger charge is -1.97. The van der Waals surface area contributed by atoms with E-state index in [0.29, 0.717) is 0 Å². The topological polar surface area (TPSA) is 72.0 Å². The van der Waals surface area contributed by atoms with E-state index in [1.165, 1.54) is 12.1 Å². The minimum absolute atomic E-state index is 0.0646. The molecule has 0 radical (unpaired) electrons. The summed E-state index contributed by atoms with van der Waals surface area (Å²) in [6.45, 7) is 0. The SMILES string of the molecule is [2H]c1cc2c(O)c(-c3[nH]c4c([2H])c(Cl)c([2H])cc4c3O)[nH]c2c([2H])c1Cl. The number of nitrogens with one attached hydrogen (secondary N) is 2. The highest BCUT2D eigenvalue weighted by Crippen LogP contribution is 2.43. The van der Waals surface area contributed by atoms with Gasteiger partial charge in [0, 0.05) is 20.8 Å². The summed E-state index contributed by atoms with van der Waals surface area (Å²) in [5.74, 6) is -0.548. The first-order valence-corrected chi connectivity index (χ1v) is 6.99.